The fraction of sp³-hybridized carbons (Fsp3) is 0.176. The molecule has 18 heavy (non-hydrogen) atoms. The zero-order valence-corrected chi connectivity index (χ0v) is 10.9. The van der Waals surface area contributed by atoms with Gasteiger partial charge in [-0.25, -0.2) is 0 Å². The Balaban J connectivity index is 1.90. The van der Waals surface area contributed by atoms with E-state index in [0.29, 0.717) is 6.61 Å². The molecule has 2 aromatic carbocycles. The highest BCUT2D eigenvalue weighted by atomic mass is 16.5. The largest absolute Gasteiger partial charge is 0.490 e. The van der Waals surface area contributed by atoms with Gasteiger partial charge in [0.15, 0.2) is 0 Å². The molecule has 0 saturated heterocycles. The van der Waals surface area contributed by atoms with E-state index in [0.717, 1.165) is 5.75 Å². The molecule has 0 N–H and O–H groups in total. The van der Waals surface area contributed by atoms with Crippen LogP contribution in [0.2, 0.25) is 0 Å². The van der Waals surface area contributed by atoms with Gasteiger partial charge in [0.1, 0.15) is 12.4 Å². The van der Waals surface area contributed by atoms with E-state index >= 15 is 0 Å². The zero-order valence-electron chi connectivity index (χ0n) is 10.9. The number of hydrogen-bond donors (Lipinski definition) is 0. The first-order chi connectivity index (χ1) is 8.74. The van der Waals surface area contributed by atoms with Crippen molar-refractivity contribution in [3.63, 3.8) is 0 Å². The molecule has 0 aliphatic heterocycles. The quantitative estimate of drug-likeness (QED) is 0.767. The predicted octanol–water partition coefficient (Wildman–Crippen LogP) is 4.40. The third-order valence-corrected chi connectivity index (χ3v) is 2.65. The van der Waals surface area contributed by atoms with Gasteiger partial charge < -0.3 is 4.74 Å². The lowest BCUT2D eigenvalue weighted by molar-refractivity contribution is 0.363. The van der Waals surface area contributed by atoms with Crippen LogP contribution in [0, 0.1) is 13.8 Å². The summed E-state index contributed by atoms with van der Waals surface area (Å²) in [6.07, 6.45) is 4.11. The van der Waals surface area contributed by atoms with Crippen molar-refractivity contribution in [2.24, 2.45) is 0 Å². The molecule has 0 atom stereocenters. The van der Waals surface area contributed by atoms with Gasteiger partial charge in [-0.2, -0.15) is 0 Å². The molecule has 92 valence electrons. The maximum absolute atomic E-state index is 5.70. The lowest BCUT2D eigenvalue weighted by Gasteiger charge is -2.05. The fourth-order valence-electron chi connectivity index (χ4n) is 1.91. The highest BCUT2D eigenvalue weighted by Crippen LogP contribution is 2.16. The van der Waals surface area contributed by atoms with Crippen LogP contribution in [0.3, 0.4) is 0 Å². The monoisotopic (exact) mass is 238 g/mol. The van der Waals surface area contributed by atoms with E-state index in [1.54, 1.807) is 0 Å². The minimum atomic E-state index is 0.595. The van der Waals surface area contributed by atoms with Crippen LogP contribution in [0.25, 0.3) is 6.08 Å². The van der Waals surface area contributed by atoms with Gasteiger partial charge in [0.2, 0.25) is 0 Å². The number of benzene rings is 2. The molecule has 2 rings (SSSR count). The van der Waals surface area contributed by atoms with E-state index in [4.69, 9.17) is 4.74 Å². The molecule has 0 unspecified atom stereocenters. The summed E-state index contributed by atoms with van der Waals surface area (Å²) >= 11 is 0. The van der Waals surface area contributed by atoms with Crippen LogP contribution in [-0.4, -0.2) is 6.61 Å². The summed E-state index contributed by atoms with van der Waals surface area (Å²) in [4.78, 5) is 0. The number of aryl methyl sites for hydroxylation is 2. The molecule has 0 fully saturated rings. The highest BCUT2D eigenvalue weighted by Gasteiger charge is 1.95. The summed E-state index contributed by atoms with van der Waals surface area (Å²) < 4.78 is 5.70. The van der Waals surface area contributed by atoms with Gasteiger partial charge in [-0.3, -0.25) is 0 Å². The van der Waals surface area contributed by atoms with Crippen molar-refractivity contribution in [1.82, 2.24) is 0 Å². The summed E-state index contributed by atoms with van der Waals surface area (Å²) in [7, 11) is 0. The van der Waals surface area contributed by atoms with Crippen molar-refractivity contribution >= 4 is 6.08 Å². The molecular formula is C17H18O. The Morgan fingerprint density at radius 3 is 2.28 bits per heavy atom. The van der Waals surface area contributed by atoms with Crippen LogP contribution < -0.4 is 4.74 Å². The summed E-state index contributed by atoms with van der Waals surface area (Å²) in [5.74, 6) is 0.935. The third-order valence-electron chi connectivity index (χ3n) is 2.65. The number of hydrogen-bond acceptors (Lipinski definition) is 1. The van der Waals surface area contributed by atoms with Gasteiger partial charge in [0, 0.05) is 0 Å². The van der Waals surface area contributed by atoms with Gasteiger partial charge in [0.25, 0.3) is 0 Å². The Labute approximate surface area is 109 Å². The molecule has 0 aliphatic rings. The van der Waals surface area contributed by atoms with E-state index in [-0.39, 0.29) is 0 Å². The summed E-state index contributed by atoms with van der Waals surface area (Å²) in [6.45, 7) is 4.76. The average Bonchev–Trinajstić information content (AvgIpc) is 2.35. The molecule has 1 nitrogen and oxygen atoms in total. The molecule has 0 saturated carbocycles. The van der Waals surface area contributed by atoms with Crippen molar-refractivity contribution < 1.29 is 4.74 Å². The Bertz CT molecular complexity index is 506. The smallest absolute Gasteiger partial charge is 0.120 e. The Morgan fingerprint density at radius 1 is 0.944 bits per heavy atom. The van der Waals surface area contributed by atoms with Crippen molar-refractivity contribution in [2.45, 2.75) is 13.8 Å². The average molecular weight is 238 g/mol. The summed E-state index contributed by atoms with van der Waals surface area (Å²) in [6, 6.07) is 16.5. The van der Waals surface area contributed by atoms with Gasteiger partial charge in [-0.15, -0.1) is 0 Å². The van der Waals surface area contributed by atoms with Crippen LogP contribution in [0.5, 0.6) is 5.75 Å². The second kappa shape index (κ2) is 6.06. The molecule has 2 aromatic rings. The molecule has 0 radical (unpaired) electrons. The Morgan fingerprint density at radius 2 is 1.61 bits per heavy atom. The second-order valence-corrected chi connectivity index (χ2v) is 4.45. The van der Waals surface area contributed by atoms with Gasteiger partial charge in [-0.1, -0.05) is 42.5 Å². The van der Waals surface area contributed by atoms with Crippen molar-refractivity contribution in [1.29, 1.82) is 0 Å². The maximum atomic E-state index is 5.70. The standard InChI is InChI=1S/C17H18O/c1-14-11-15(2)13-17(12-14)18-10-6-9-16-7-4-3-5-8-16/h3-9,11-13H,10H2,1-2H3/b9-6-. The van der Waals surface area contributed by atoms with Crippen molar-refractivity contribution in [3.05, 3.63) is 71.3 Å². The first kappa shape index (κ1) is 12.4. The molecule has 0 amide bonds. The normalized spacial score (nSPS) is 10.8. The minimum Gasteiger partial charge on any atom is -0.490 e. The molecule has 0 bridgehead atoms. The first-order valence-corrected chi connectivity index (χ1v) is 6.17. The van der Waals surface area contributed by atoms with Crippen LogP contribution in [-0.2, 0) is 0 Å². The Kier molecular flexibility index (Phi) is 4.19. The SMILES string of the molecule is Cc1cc(C)cc(OC/C=C\c2ccccc2)c1. The molecule has 0 heterocycles. The molecule has 0 aliphatic carbocycles. The molecule has 0 aromatic heterocycles. The zero-order chi connectivity index (χ0) is 12.8. The van der Waals surface area contributed by atoms with Crippen molar-refractivity contribution in [2.75, 3.05) is 6.61 Å². The lowest BCUT2D eigenvalue weighted by Crippen LogP contribution is -1.94. The second-order valence-electron chi connectivity index (χ2n) is 4.45. The van der Waals surface area contributed by atoms with Crippen LogP contribution >= 0.6 is 0 Å². The molecule has 0 spiro atoms. The van der Waals surface area contributed by atoms with Crippen molar-refractivity contribution in [3.8, 4) is 5.75 Å². The van der Waals surface area contributed by atoms with Crippen LogP contribution in [0.15, 0.2) is 54.6 Å². The van der Waals surface area contributed by atoms with E-state index in [1.807, 2.05) is 24.3 Å². The molecule has 1 heteroatoms. The van der Waals surface area contributed by atoms with E-state index in [2.05, 4.69) is 50.3 Å². The summed E-state index contributed by atoms with van der Waals surface area (Å²) in [5, 5.41) is 0. The highest BCUT2D eigenvalue weighted by molar-refractivity contribution is 5.48. The van der Waals surface area contributed by atoms with Gasteiger partial charge in [-0.05, 0) is 48.7 Å². The Hall–Kier alpha value is -2.02. The predicted molar refractivity (Wildman–Crippen MR) is 76.9 cm³/mol. The number of ether oxygens (including phenoxy) is 1. The fourth-order valence-corrected chi connectivity index (χ4v) is 1.91. The van der Waals surface area contributed by atoms with E-state index < -0.39 is 0 Å². The van der Waals surface area contributed by atoms with E-state index in [9.17, 15) is 0 Å². The van der Waals surface area contributed by atoms with Gasteiger partial charge in [0.05, 0.1) is 0 Å². The minimum absolute atomic E-state index is 0.595. The summed E-state index contributed by atoms with van der Waals surface area (Å²) in [5.41, 5.74) is 3.66. The van der Waals surface area contributed by atoms with E-state index in [1.165, 1.54) is 16.7 Å². The third kappa shape index (κ3) is 3.77. The molecular weight excluding hydrogens is 220 g/mol. The van der Waals surface area contributed by atoms with Crippen LogP contribution in [0.1, 0.15) is 16.7 Å². The first-order valence-electron chi connectivity index (χ1n) is 6.17. The number of rotatable bonds is 4. The lowest BCUT2D eigenvalue weighted by atomic mass is 10.1. The van der Waals surface area contributed by atoms with Crippen LogP contribution in [0.4, 0.5) is 0 Å². The maximum Gasteiger partial charge on any atom is 0.120 e. The topological polar surface area (TPSA) is 9.23 Å². The van der Waals surface area contributed by atoms with Gasteiger partial charge >= 0.3 is 0 Å².